The van der Waals surface area contributed by atoms with Crippen LogP contribution in [0.2, 0.25) is 0 Å². The fourth-order valence-corrected chi connectivity index (χ4v) is 1.75. The van der Waals surface area contributed by atoms with Gasteiger partial charge >= 0.3 is 0 Å². The Bertz CT molecular complexity index is 560. The molecule has 0 aliphatic heterocycles. The van der Waals surface area contributed by atoms with Gasteiger partial charge in [-0.15, -0.1) is 12.3 Å². The number of ether oxygens (including phenoxy) is 1. The highest BCUT2D eigenvalue weighted by atomic mass is 79.9. The third-order valence-electron chi connectivity index (χ3n) is 2.08. The maximum absolute atomic E-state index is 5.64. The van der Waals surface area contributed by atoms with Gasteiger partial charge in [-0.3, -0.25) is 0 Å². The van der Waals surface area contributed by atoms with Crippen LogP contribution in [0.4, 0.5) is 0 Å². The average molecular weight is 288 g/mol. The number of hydrogen-bond donors (Lipinski definition) is 0. The summed E-state index contributed by atoms with van der Waals surface area (Å²) in [7, 11) is 0. The molecular weight excluding hydrogens is 278 g/mol. The summed E-state index contributed by atoms with van der Waals surface area (Å²) in [6, 6.07) is 13.2. The minimum absolute atomic E-state index is 0.510. The molecule has 1 aromatic carbocycles. The Morgan fingerprint density at radius 3 is 2.82 bits per heavy atom. The van der Waals surface area contributed by atoms with E-state index in [2.05, 4.69) is 26.8 Å². The molecule has 0 bridgehead atoms. The second kappa shape index (κ2) is 5.51. The van der Waals surface area contributed by atoms with Crippen molar-refractivity contribution < 1.29 is 4.74 Å². The number of pyridine rings is 1. The monoisotopic (exact) mass is 287 g/mol. The lowest BCUT2D eigenvalue weighted by atomic mass is 10.3. The second-order valence-electron chi connectivity index (χ2n) is 3.41. The van der Waals surface area contributed by atoms with Crippen LogP contribution < -0.4 is 4.74 Å². The average Bonchev–Trinajstić information content (AvgIpc) is 2.30. The van der Waals surface area contributed by atoms with Crippen LogP contribution in [0.1, 0.15) is 5.69 Å². The van der Waals surface area contributed by atoms with Crippen LogP contribution in [0.25, 0.3) is 0 Å². The normalized spacial score (nSPS) is 9.65. The van der Waals surface area contributed by atoms with Crippen molar-refractivity contribution in [2.75, 3.05) is 0 Å². The lowest BCUT2D eigenvalue weighted by Crippen LogP contribution is -1.92. The number of benzene rings is 1. The number of rotatable bonds is 3. The second-order valence-corrected chi connectivity index (χ2v) is 4.32. The predicted octanol–water partition coefficient (Wildman–Crippen LogP) is 3.81. The molecule has 2 nitrogen and oxygen atoms in total. The summed E-state index contributed by atoms with van der Waals surface area (Å²) in [6.45, 7) is 0. The van der Waals surface area contributed by atoms with Crippen molar-refractivity contribution in [1.82, 2.24) is 4.98 Å². The summed E-state index contributed by atoms with van der Waals surface area (Å²) in [6.07, 6.45) is 5.76. The third-order valence-corrected chi connectivity index (χ3v) is 2.58. The summed E-state index contributed by atoms with van der Waals surface area (Å²) in [5.74, 6) is 3.85. The Morgan fingerprint density at radius 2 is 2.06 bits per heavy atom. The molecule has 17 heavy (non-hydrogen) atoms. The van der Waals surface area contributed by atoms with E-state index in [-0.39, 0.29) is 0 Å². The zero-order valence-corrected chi connectivity index (χ0v) is 10.6. The van der Waals surface area contributed by atoms with E-state index >= 15 is 0 Å². The van der Waals surface area contributed by atoms with Crippen molar-refractivity contribution in [3.05, 3.63) is 52.6 Å². The van der Waals surface area contributed by atoms with Crippen LogP contribution in [0, 0.1) is 12.3 Å². The highest BCUT2D eigenvalue weighted by molar-refractivity contribution is 9.10. The van der Waals surface area contributed by atoms with Crippen molar-refractivity contribution in [2.45, 2.75) is 6.42 Å². The molecule has 0 unspecified atom stereocenters. The van der Waals surface area contributed by atoms with Crippen LogP contribution in [-0.2, 0) is 6.42 Å². The molecule has 2 aromatic rings. The van der Waals surface area contributed by atoms with Crippen LogP contribution in [0.3, 0.4) is 0 Å². The first kappa shape index (κ1) is 11.7. The molecule has 0 fully saturated rings. The van der Waals surface area contributed by atoms with Gasteiger partial charge in [0, 0.05) is 10.5 Å². The molecule has 1 aromatic heterocycles. The number of nitrogens with zero attached hydrogens (tertiary/aromatic N) is 1. The fraction of sp³-hybridized carbons (Fsp3) is 0.0714. The number of halogens is 1. The summed E-state index contributed by atoms with van der Waals surface area (Å²) >= 11 is 3.39. The van der Waals surface area contributed by atoms with Gasteiger partial charge in [-0.05, 0) is 24.3 Å². The lowest BCUT2D eigenvalue weighted by Gasteiger charge is -2.05. The fourth-order valence-electron chi connectivity index (χ4n) is 1.37. The molecule has 0 radical (unpaired) electrons. The van der Waals surface area contributed by atoms with Crippen LogP contribution in [0.5, 0.6) is 11.6 Å². The zero-order chi connectivity index (χ0) is 12.1. The van der Waals surface area contributed by atoms with E-state index in [4.69, 9.17) is 11.2 Å². The quantitative estimate of drug-likeness (QED) is 0.801. The third kappa shape index (κ3) is 3.33. The molecule has 0 aliphatic carbocycles. The minimum atomic E-state index is 0.510. The predicted molar refractivity (Wildman–Crippen MR) is 71.0 cm³/mol. The first-order valence-corrected chi connectivity index (χ1v) is 5.90. The number of aromatic nitrogens is 1. The summed E-state index contributed by atoms with van der Waals surface area (Å²) in [4.78, 5) is 4.31. The Kier molecular flexibility index (Phi) is 3.79. The molecule has 0 saturated heterocycles. The van der Waals surface area contributed by atoms with Crippen LogP contribution in [-0.4, -0.2) is 4.98 Å². The summed E-state index contributed by atoms with van der Waals surface area (Å²) < 4.78 is 6.60. The first-order chi connectivity index (χ1) is 8.28. The zero-order valence-electron chi connectivity index (χ0n) is 9.06. The van der Waals surface area contributed by atoms with Crippen molar-refractivity contribution in [2.24, 2.45) is 0 Å². The first-order valence-electron chi connectivity index (χ1n) is 5.11. The maximum atomic E-state index is 5.64. The van der Waals surface area contributed by atoms with Gasteiger partial charge in [0.1, 0.15) is 5.75 Å². The maximum Gasteiger partial charge on any atom is 0.219 e. The van der Waals surface area contributed by atoms with Gasteiger partial charge in [0.15, 0.2) is 0 Å². The highest BCUT2D eigenvalue weighted by Crippen LogP contribution is 2.23. The van der Waals surface area contributed by atoms with Gasteiger partial charge in [0.05, 0.1) is 12.1 Å². The van der Waals surface area contributed by atoms with Crippen molar-refractivity contribution in [1.29, 1.82) is 0 Å². The SMILES string of the molecule is C#CCc1cccc(Oc2cccc(Br)c2)n1. The van der Waals surface area contributed by atoms with E-state index < -0.39 is 0 Å². The van der Waals surface area contributed by atoms with Crippen molar-refractivity contribution in [3.63, 3.8) is 0 Å². The topological polar surface area (TPSA) is 22.1 Å². The summed E-state index contributed by atoms with van der Waals surface area (Å²) in [5, 5.41) is 0. The van der Waals surface area contributed by atoms with Gasteiger partial charge in [0.2, 0.25) is 5.88 Å². The molecule has 0 N–H and O–H groups in total. The molecule has 0 amide bonds. The molecule has 1 heterocycles. The molecule has 0 aliphatic rings. The Morgan fingerprint density at radius 1 is 1.24 bits per heavy atom. The van der Waals surface area contributed by atoms with E-state index in [1.165, 1.54) is 0 Å². The van der Waals surface area contributed by atoms with Crippen molar-refractivity contribution >= 4 is 15.9 Å². The molecule has 0 saturated carbocycles. The largest absolute Gasteiger partial charge is 0.439 e. The standard InChI is InChI=1S/C14H10BrNO/c1-2-5-12-7-4-9-14(16-12)17-13-8-3-6-11(15)10-13/h1,3-4,6-10H,5H2. The van der Waals surface area contributed by atoms with Crippen LogP contribution in [0.15, 0.2) is 46.9 Å². The minimum Gasteiger partial charge on any atom is -0.439 e. The van der Waals surface area contributed by atoms with Gasteiger partial charge in [-0.25, -0.2) is 4.98 Å². The van der Waals surface area contributed by atoms with E-state index in [9.17, 15) is 0 Å². The number of terminal acetylenes is 1. The van der Waals surface area contributed by atoms with E-state index in [0.29, 0.717) is 12.3 Å². The Balaban J connectivity index is 2.19. The van der Waals surface area contributed by atoms with E-state index in [1.807, 2.05) is 36.4 Å². The van der Waals surface area contributed by atoms with Gasteiger partial charge in [-0.1, -0.05) is 28.1 Å². The summed E-state index contributed by atoms with van der Waals surface area (Å²) in [5.41, 5.74) is 0.833. The lowest BCUT2D eigenvalue weighted by molar-refractivity contribution is 0.461. The van der Waals surface area contributed by atoms with Gasteiger partial charge in [-0.2, -0.15) is 0 Å². The molecular formula is C14H10BrNO. The molecule has 0 spiro atoms. The smallest absolute Gasteiger partial charge is 0.219 e. The Labute approximate surface area is 109 Å². The van der Waals surface area contributed by atoms with Crippen LogP contribution >= 0.6 is 15.9 Å². The number of hydrogen-bond acceptors (Lipinski definition) is 2. The Hall–Kier alpha value is -1.79. The van der Waals surface area contributed by atoms with E-state index in [1.54, 1.807) is 6.07 Å². The molecule has 84 valence electrons. The molecule has 3 heteroatoms. The van der Waals surface area contributed by atoms with Gasteiger partial charge in [0.25, 0.3) is 0 Å². The van der Waals surface area contributed by atoms with Crippen molar-refractivity contribution in [3.8, 4) is 24.0 Å². The van der Waals surface area contributed by atoms with Gasteiger partial charge < -0.3 is 4.74 Å². The molecule has 0 atom stereocenters. The van der Waals surface area contributed by atoms with E-state index in [0.717, 1.165) is 15.9 Å². The highest BCUT2D eigenvalue weighted by Gasteiger charge is 2.00. The molecule has 2 rings (SSSR count).